The third-order valence-electron chi connectivity index (χ3n) is 6.47. The predicted octanol–water partition coefficient (Wildman–Crippen LogP) is 4.37. The van der Waals surface area contributed by atoms with E-state index < -0.39 is 0 Å². The molecule has 1 saturated heterocycles. The molecule has 1 amide bonds. The summed E-state index contributed by atoms with van der Waals surface area (Å²) < 4.78 is 5.54. The summed E-state index contributed by atoms with van der Waals surface area (Å²) >= 11 is 0. The second-order valence-corrected chi connectivity index (χ2v) is 8.95. The summed E-state index contributed by atoms with van der Waals surface area (Å²) in [7, 11) is 0. The number of carbonyl (C=O) groups excluding carboxylic acids is 1. The minimum Gasteiger partial charge on any atom is -0.360 e. The summed E-state index contributed by atoms with van der Waals surface area (Å²) in [5.41, 5.74) is 1.93. The van der Waals surface area contributed by atoms with Crippen LogP contribution in [0.2, 0.25) is 0 Å². The Morgan fingerprint density at radius 1 is 1.25 bits per heavy atom. The van der Waals surface area contributed by atoms with Crippen molar-refractivity contribution in [2.24, 2.45) is 11.3 Å². The Kier molecular flexibility index (Phi) is 4.17. The summed E-state index contributed by atoms with van der Waals surface area (Å²) in [5, 5.41) is 4.22. The molecule has 1 unspecified atom stereocenters. The number of aromatic nitrogens is 1. The zero-order chi connectivity index (χ0) is 16.7. The van der Waals surface area contributed by atoms with E-state index in [0.29, 0.717) is 11.7 Å². The average molecular weight is 330 g/mol. The standard InChI is InChI=1S/C20H30N2O2/c1-20(2)10-9-17-16(13-20)18(21-24-17)19(23)22-11-4-3-8-15(22)12-14-6-5-7-14/h14-15H,3-13H2,1-2H3. The number of amides is 1. The minimum atomic E-state index is 0.127. The maximum atomic E-state index is 13.2. The van der Waals surface area contributed by atoms with Crippen LogP contribution in [0.25, 0.3) is 0 Å². The fourth-order valence-electron chi connectivity index (χ4n) is 4.67. The van der Waals surface area contributed by atoms with Gasteiger partial charge in [-0.25, -0.2) is 0 Å². The van der Waals surface area contributed by atoms with Crippen LogP contribution in [0, 0.1) is 11.3 Å². The third-order valence-corrected chi connectivity index (χ3v) is 6.47. The van der Waals surface area contributed by atoms with Gasteiger partial charge in [-0.3, -0.25) is 4.79 Å². The van der Waals surface area contributed by atoms with E-state index in [4.69, 9.17) is 4.52 Å². The predicted molar refractivity (Wildman–Crippen MR) is 92.9 cm³/mol. The molecule has 1 aromatic rings. The SMILES string of the molecule is CC1(C)CCc2onc(C(=O)N3CCCCC3CC3CCC3)c2C1. The quantitative estimate of drug-likeness (QED) is 0.826. The molecular weight excluding hydrogens is 300 g/mol. The van der Waals surface area contributed by atoms with Crippen LogP contribution >= 0.6 is 0 Å². The van der Waals surface area contributed by atoms with Crippen molar-refractivity contribution in [3.8, 4) is 0 Å². The van der Waals surface area contributed by atoms with E-state index in [1.807, 2.05) is 0 Å². The molecule has 1 atom stereocenters. The number of rotatable bonds is 3. The highest BCUT2D eigenvalue weighted by atomic mass is 16.5. The van der Waals surface area contributed by atoms with Gasteiger partial charge in [0.1, 0.15) is 5.76 Å². The maximum Gasteiger partial charge on any atom is 0.276 e. The van der Waals surface area contributed by atoms with Crippen molar-refractivity contribution in [1.29, 1.82) is 0 Å². The summed E-state index contributed by atoms with van der Waals surface area (Å²) in [5.74, 6) is 1.92. The van der Waals surface area contributed by atoms with Crippen molar-refractivity contribution >= 4 is 5.91 Å². The average Bonchev–Trinajstić information content (AvgIpc) is 2.92. The molecule has 1 aliphatic heterocycles. The third kappa shape index (κ3) is 3.00. The smallest absolute Gasteiger partial charge is 0.276 e. The second-order valence-electron chi connectivity index (χ2n) is 8.95. The molecule has 0 aromatic carbocycles. The molecular formula is C20H30N2O2. The van der Waals surface area contributed by atoms with Crippen LogP contribution in [0.4, 0.5) is 0 Å². The molecule has 2 fully saturated rings. The van der Waals surface area contributed by atoms with Crippen molar-refractivity contribution in [2.75, 3.05) is 6.54 Å². The Hall–Kier alpha value is -1.32. The Labute approximate surface area is 145 Å². The van der Waals surface area contributed by atoms with Crippen molar-refractivity contribution in [3.05, 3.63) is 17.0 Å². The number of aryl methyl sites for hydroxylation is 1. The van der Waals surface area contributed by atoms with Crippen LogP contribution in [0.15, 0.2) is 4.52 Å². The largest absolute Gasteiger partial charge is 0.360 e. The molecule has 1 aromatic heterocycles. The zero-order valence-electron chi connectivity index (χ0n) is 15.1. The van der Waals surface area contributed by atoms with Gasteiger partial charge in [0, 0.05) is 24.6 Å². The molecule has 0 spiro atoms. The second kappa shape index (κ2) is 6.20. The highest BCUT2D eigenvalue weighted by molar-refractivity contribution is 5.94. The van der Waals surface area contributed by atoms with E-state index >= 15 is 0 Å². The number of piperidine rings is 1. The lowest BCUT2D eigenvalue weighted by Crippen LogP contribution is -2.45. The number of likely N-dealkylation sites (tertiary alicyclic amines) is 1. The van der Waals surface area contributed by atoms with Gasteiger partial charge in [0.15, 0.2) is 5.69 Å². The van der Waals surface area contributed by atoms with E-state index in [1.54, 1.807) is 0 Å². The Morgan fingerprint density at radius 2 is 2.08 bits per heavy atom. The van der Waals surface area contributed by atoms with E-state index in [2.05, 4.69) is 23.9 Å². The molecule has 0 N–H and O–H groups in total. The molecule has 0 bridgehead atoms. The van der Waals surface area contributed by atoms with Gasteiger partial charge in [-0.1, -0.05) is 38.3 Å². The molecule has 4 nitrogen and oxygen atoms in total. The fourth-order valence-corrected chi connectivity index (χ4v) is 4.67. The lowest BCUT2D eigenvalue weighted by atomic mass is 9.76. The highest BCUT2D eigenvalue weighted by Crippen LogP contribution is 2.38. The van der Waals surface area contributed by atoms with Crippen LogP contribution in [-0.2, 0) is 12.8 Å². The topological polar surface area (TPSA) is 46.3 Å². The number of carbonyl (C=O) groups is 1. The van der Waals surface area contributed by atoms with E-state index in [9.17, 15) is 4.79 Å². The first-order valence-electron chi connectivity index (χ1n) is 9.82. The monoisotopic (exact) mass is 330 g/mol. The number of hydrogen-bond acceptors (Lipinski definition) is 3. The van der Waals surface area contributed by atoms with Gasteiger partial charge in [0.05, 0.1) is 0 Å². The van der Waals surface area contributed by atoms with Gasteiger partial charge in [0.2, 0.25) is 0 Å². The van der Waals surface area contributed by atoms with Crippen LogP contribution in [0.5, 0.6) is 0 Å². The Balaban J connectivity index is 1.55. The molecule has 132 valence electrons. The Bertz CT molecular complexity index is 615. The first kappa shape index (κ1) is 16.2. The van der Waals surface area contributed by atoms with Gasteiger partial charge in [0.25, 0.3) is 5.91 Å². The number of fused-ring (bicyclic) bond motifs is 1. The van der Waals surface area contributed by atoms with Crippen LogP contribution in [0.3, 0.4) is 0 Å². The lowest BCUT2D eigenvalue weighted by molar-refractivity contribution is 0.0537. The van der Waals surface area contributed by atoms with Crippen LogP contribution in [0.1, 0.15) is 87.0 Å². The van der Waals surface area contributed by atoms with Gasteiger partial charge in [-0.05, 0) is 49.9 Å². The molecule has 4 heteroatoms. The summed E-state index contributed by atoms with van der Waals surface area (Å²) in [4.78, 5) is 15.4. The van der Waals surface area contributed by atoms with Crippen LogP contribution < -0.4 is 0 Å². The van der Waals surface area contributed by atoms with Gasteiger partial charge in [-0.15, -0.1) is 0 Å². The first-order chi connectivity index (χ1) is 11.5. The number of hydrogen-bond donors (Lipinski definition) is 0. The molecule has 3 aliphatic rings. The van der Waals surface area contributed by atoms with Crippen molar-refractivity contribution in [1.82, 2.24) is 10.1 Å². The highest BCUT2D eigenvalue weighted by Gasteiger charge is 2.37. The fraction of sp³-hybridized carbons (Fsp3) is 0.800. The summed E-state index contributed by atoms with van der Waals surface area (Å²) in [6, 6.07) is 0.417. The molecule has 1 saturated carbocycles. The summed E-state index contributed by atoms with van der Waals surface area (Å²) in [6.45, 7) is 5.44. The van der Waals surface area contributed by atoms with Gasteiger partial charge < -0.3 is 9.42 Å². The lowest BCUT2D eigenvalue weighted by Gasteiger charge is -2.39. The van der Waals surface area contributed by atoms with Gasteiger partial charge in [-0.2, -0.15) is 0 Å². The molecule has 2 heterocycles. The first-order valence-corrected chi connectivity index (χ1v) is 9.82. The van der Waals surface area contributed by atoms with E-state index in [1.165, 1.54) is 32.1 Å². The van der Waals surface area contributed by atoms with Crippen molar-refractivity contribution in [3.63, 3.8) is 0 Å². The minimum absolute atomic E-state index is 0.127. The molecule has 24 heavy (non-hydrogen) atoms. The van der Waals surface area contributed by atoms with E-state index in [-0.39, 0.29) is 11.3 Å². The van der Waals surface area contributed by atoms with Crippen molar-refractivity contribution in [2.45, 2.75) is 84.1 Å². The molecule has 4 rings (SSSR count). The zero-order valence-corrected chi connectivity index (χ0v) is 15.1. The van der Waals surface area contributed by atoms with Crippen molar-refractivity contribution < 1.29 is 9.32 Å². The molecule has 0 radical (unpaired) electrons. The molecule has 2 aliphatic carbocycles. The van der Waals surface area contributed by atoms with E-state index in [0.717, 1.165) is 55.9 Å². The van der Waals surface area contributed by atoms with Gasteiger partial charge >= 0.3 is 0 Å². The Morgan fingerprint density at radius 3 is 2.83 bits per heavy atom. The number of nitrogens with zero attached hydrogens (tertiary/aromatic N) is 2. The summed E-state index contributed by atoms with van der Waals surface area (Å²) in [6.07, 6.45) is 11.7. The van der Waals surface area contributed by atoms with Crippen LogP contribution in [-0.4, -0.2) is 28.6 Å². The normalized spacial score (nSPS) is 26.8. The maximum absolute atomic E-state index is 13.2.